The number of aromatic carboxylic acids is 1. The van der Waals surface area contributed by atoms with Crippen LogP contribution in [0.4, 0.5) is 30.7 Å². The van der Waals surface area contributed by atoms with Crippen molar-refractivity contribution in [2.24, 2.45) is 0 Å². The molecular weight excluding hydrogens is 532 g/mol. The predicted molar refractivity (Wildman–Crippen MR) is 114 cm³/mol. The largest absolute Gasteiger partial charge is 1.00 e. The number of aromatic nitrogens is 2. The fourth-order valence-electron chi connectivity index (χ4n) is 3.97. The molecule has 13 heteroatoms. The molecule has 0 fully saturated rings. The van der Waals surface area contributed by atoms with Gasteiger partial charge in [-0.15, -0.1) is 0 Å². The van der Waals surface area contributed by atoms with Crippen LogP contribution < -0.4 is 39.4 Å². The van der Waals surface area contributed by atoms with Gasteiger partial charge in [0.15, 0.2) is 0 Å². The van der Waals surface area contributed by atoms with Gasteiger partial charge in [-0.05, 0) is 60.7 Å². The number of hydrogen-bond acceptors (Lipinski definition) is 5. The van der Waals surface area contributed by atoms with Crippen LogP contribution in [0.3, 0.4) is 0 Å². The van der Waals surface area contributed by atoms with Crippen LogP contribution in [-0.4, -0.2) is 15.9 Å². The Morgan fingerprint density at radius 1 is 0.947 bits per heavy atom. The van der Waals surface area contributed by atoms with Crippen molar-refractivity contribution in [2.45, 2.75) is 38.2 Å². The summed E-state index contributed by atoms with van der Waals surface area (Å²) in [4.78, 5) is 19.0. The fourth-order valence-corrected chi connectivity index (χ4v) is 3.97. The third-order valence-electron chi connectivity index (χ3n) is 5.73. The smallest absolute Gasteiger partial charge is 0.543 e. The van der Waals surface area contributed by atoms with Crippen molar-refractivity contribution in [1.29, 1.82) is 0 Å². The number of nitrogens with zero attached hydrogens (tertiary/aromatic N) is 2. The van der Waals surface area contributed by atoms with Crippen LogP contribution in [0, 0.1) is 5.82 Å². The molecule has 2 heterocycles. The number of carboxylic acid groups (broad SMARTS) is 1. The van der Waals surface area contributed by atoms with E-state index in [0.29, 0.717) is 48.7 Å². The van der Waals surface area contributed by atoms with E-state index in [-0.39, 0.29) is 58.0 Å². The second kappa shape index (κ2) is 11.4. The van der Waals surface area contributed by atoms with Gasteiger partial charge in [-0.2, -0.15) is 26.3 Å². The minimum absolute atomic E-state index is 0. The molecule has 194 valence electrons. The quantitative estimate of drug-likeness (QED) is 0.350. The van der Waals surface area contributed by atoms with Crippen LogP contribution in [0.25, 0.3) is 11.1 Å². The number of carboxylic acids is 1. The Labute approximate surface area is 233 Å². The first-order valence-corrected chi connectivity index (χ1v) is 10.8. The standard InChI is InChI=1S/C25H17F7N2O3.Na/c26-19-10-14(24(27,28)29)8-7-13(19)12-37-22-18(9-15(11-33-22)25(30,31)32)16-3-1-4-17(16)20-5-2-6-21(34-20)23(35)36;/h2,5-11H,1,3-4,12H2,(H,35,36);/q;+1/p-1. The summed E-state index contributed by atoms with van der Waals surface area (Å²) in [6.45, 7) is -0.601. The van der Waals surface area contributed by atoms with E-state index in [1.54, 1.807) is 0 Å². The molecule has 0 saturated carbocycles. The monoisotopic (exact) mass is 548 g/mol. The Morgan fingerprint density at radius 3 is 2.26 bits per heavy atom. The topological polar surface area (TPSA) is 75.1 Å². The zero-order valence-corrected chi connectivity index (χ0v) is 21.7. The van der Waals surface area contributed by atoms with Crippen molar-refractivity contribution < 1.29 is 74.9 Å². The van der Waals surface area contributed by atoms with Crippen molar-refractivity contribution in [2.75, 3.05) is 0 Å². The molecule has 1 aliphatic rings. The van der Waals surface area contributed by atoms with E-state index in [1.807, 2.05) is 0 Å². The minimum Gasteiger partial charge on any atom is -0.543 e. The van der Waals surface area contributed by atoms with Gasteiger partial charge in [0.1, 0.15) is 12.4 Å². The van der Waals surface area contributed by atoms with Gasteiger partial charge in [-0.25, -0.2) is 14.4 Å². The fraction of sp³-hybridized carbons (Fsp3) is 0.240. The molecule has 0 atom stereocenters. The second-order valence-corrected chi connectivity index (χ2v) is 8.17. The summed E-state index contributed by atoms with van der Waals surface area (Å²) < 4.78 is 98.6. The maximum atomic E-state index is 14.3. The number of alkyl halides is 6. The molecule has 38 heavy (non-hydrogen) atoms. The minimum atomic E-state index is -4.75. The Hall–Kier alpha value is -2.96. The number of benzene rings is 1. The number of halogens is 7. The molecule has 1 aromatic carbocycles. The predicted octanol–water partition coefficient (Wildman–Crippen LogP) is 2.69. The summed E-state index contributed by atoms with van der Waals surface area (Å²) in [6, 6.07) is 6.79. The molecule has 0 N–H and O–H groups in total. The van der Waals surface area contributed by atoms with Gasteiger partial charge >= 0.3 is 41.9 Å². The zero-order chi connectivity index (χ0) is 27.0. The van der Waals surface area contributed by atoms with Crippen LogP contribution in [0.5, 0.6) is 5.88 Å². The molecule has 0 amide bonds. The third kappa shape index (κ3) is 6.54. The van der Waals surface area contributed by atoms with Crippen LogP contribution in [-0.2, 0) is 19.0 Å². The van der Waals surface area contributed by atoms with Gasteiger partial charge in [0.25, 0.3) is 0 Å². The summed E-state index contributed by atoms with van der Waals surface area (Å²) in [5.74, 6) is -3.02. The van der Waals surface area contributed by atoms with Crippen molar-refractivity contribution in [1.82, 2.24) is 9.97 Å². The SMILES string of the molecule is O=C([O-])c1cccc(C2=C(c3cc(C(F)(F)F)cnc3OCc3ccc(C(F)(F)F)cc3F)CCC2)n1.[Na+]. The number of allylic oxidation sites excluding steroid dienone is 2. The first-order chi connectivity index (χ1) is 17.3. The number of ether oxygens (including phenoxy) is 1. The van der Waals surface area contributed by atoms with E-state index < -0.39 is 41.9 Å². The summed E-state index contributed by atoms with van der Waals surface area (Å²) in [5.41, 5.74) is -1.86. The zero-order valence-electron chi connectivity index (χ0n) is 19.7. The number of carbonyl (C=O) groups is 1. The Morgan fingerprint density at radius 2 is 1.63 bits per heavy atom. The number of hydrogen-bond donors (Lipinski definition) is 0. The van der Waals surface area contributed by atoms with Gasteiger partial charge in [0.2, 0.25) is 5.88 Å². The molecule has 0 aliphatic heterocycles. The summed E-state index contributed by atoms with van der Waals surface area (Å²) in [5, 5.41) is 11.2. The number of pyridine rings is 2. The van der Waals surface area contributed by atoms with Gasteiger partial charge in [-0.1, -0.05) is 12.1 Å². The van der Waals surface area contributed by atoms with Crippen molar-refractivity contribution in [3.05, 3.63) is 88.1 Å². The van der Waals surface area contributed by atoms with Gasteiger partial charge in [0, 0.05) is 17.3 Å². The van der Waals surface area contributed by atoms with Crippen LogP contribution in [0.2, 0.25) is 0 Å². The molecule has 2 aromatic heterocycles. The number of rotatable bonds is 6. The van der Waals surface area contributed by atoms with Crippen molar-refractivity contribution >= 4 is 17.1 Å². The van der Waals surface area contributed by atoms with Gasteiger partial charge < -0.3 is 14.6 Å². The second-order valence-electron chi connectivity index (χ2n) is 8.17. The van der Waals surface area contributed by atoms with E-state index in [9.17, 15) is 40.6 Å². The normalized spacial score (nSPS) is 13.9. The summed E-state index contributed by atoms with van der Waals surface area (Å²) in [6.07, 6.45) is -7.78. The van der Waals surface area contributed by atoms with Crippen LogP contribution in [0.15, 0.2) is 48.7 Å². The van der Waals surface area contributed by atoms with Gasteiger partial charge in [-0.3, -0.25) is 0 Å². The molecule has 0 unspecified atom stereocenters. The molecule has 3 aromatic rings. The third-order valence-corrected chi connectivity index (χ3v) is 5.73. The summed E-state index contributed by atoms with van der Waals surface area (Å²) in [7, 11) is 0. The van der Waals surface area contributed by atoms with E-state index in [2.05, 4.69) is 9.97 Å². The van der Waals surface area contributed by atoms with Crippen LogP contribution >= 0.6 is 0 Å². The first-order valence-electron chi connectivity index (χ1n) is 10.8. The molecule has 0 saturated heterocycles. The van der Waals surface area contributed by atoms with E-state index in [1.165, 1.54) is 18.2 Å². The molecule has 4 rings (SSSR count). The van der Waals surface area contributed by atoms with Crippen LogP contribution in [0.1, 0.15) is 57.7 Å². The Balaban J connectivity index is 0.00000400. The maximum absolute atomic E-state index is 14.3. The van der Waals surface area contributed by atoms with E-state index in [0.717, 1.165) is 12.1 Å². The molecule has 0 spiro atoms. The Kier molecular flexibility index (Phi) is 8.89. The van der Waals surface area contributed by atoms with Gasteiger partial charge in [0.05, 0.1) is 28.5 Å². The maximum Gasteiger partial charge on any atom is 1.00 e. The number of carbonyl (C=O) groups excluding carboxylic acids is 1. The van der Waals surface area contributed by atoms with Crippen molar-refractivity contribution in [3.63, 3.8) is 0 Å². The van der Waals surface area contributed by atoms with E-state index in [4.69, 9.17) is 4.74 Å². The molecule has 1 aliphatic carbocycles. The molecule has 5 nitrogen and oxygen atoms in total. The molecule has 0 radical (unpaired) electrons. The Bertz CT molecular complexity index is 1390. The summed E-state index contributed by atoms with van der Waals surface area (Å²) >= 11 is 0. The average molecular weight is 548 g/mol. The molecular formula is C25H16F7N2NaO3. The molecule has 0 bridgehead atoms. The van der Waals surface area contributed by atoms with E-state index >= 15 is 0 Å². The van der Waals surface area contributed by atoms with Crippen molar-refractivity contribution in [3.8, 4) is 5.88 Å². The average Bonchev–Trinajstić information content (AvgIpc) is 3.32. The first kappa shape index (κ1) is 29.6.